The van der Waals surface area contributed by atoms with Crippen LogP contribution in [0.1, 0.15) is 17.2 Å². The average Bonchev–Trinajstić information content (AvgIpc) is 3.29. The Balaban J connectivity index is 1.49. The SMILES string of the molecule is COc1ccc(C2=CC(c3cccc(Oc4ccc(Cl)cc4)c3)n3ncnc3N2)cc1. The molecule has 0 radical (unpaired) electrons. The van der Waals surface area contributed by atoms with Gasteiger partial charge in [0.15, 0.2) is 0 Å². The number of methoxy groups -OCH3 is 1. The lowest BCUT2D eigenvalue weighted by Gasteiger charge is -2.24. The molecule has 1 aliphatic heterocycles. The molecule has 0 aliphatic carbocycles. The predicted octanol–water partition coefficient (Wildman–Crippen LogP) is 5.79. The zero-order valence-electron chi connectivity index (χ0n) is 16.7. The lowest BCUT2D eigenvalue weighted by atomic mass is 10.0. The van der Waals surface area contributed by atoms with Crippen LogP contribution < -0.4 is 14.8 Å². The molecule has 1 atom stereocenters. The van der Waals surface area contributed by atoms with Crippen LogP contribution in [0, 0.1) is 0 Å². The standard InChI is InChI=1S/C24H19ClN4O2/c1-30-19-9-5-16(6-10-19)22-14-23(29-24(28-22)26-15-27-29)17-3-2-4-21(13-17)31-20-11-7-18(25)8-12-20/h2-15,23H,1H3,(H,26,27,28). The summed E-state index contributed by atoms with van der Waals surface area (Å²) in [5.41, 5.74) is 3.02. The Hall–Kier alpha value is -3.77. The Bertz CT molecular complexity index is 1230. The number of nitrogens with one attached hydrogen (secondary N) is 1. The molecular formula is C24H19ClN4O2. The number of halogens is 1. The van der Waals surface area contributed by atoms with E-state index in [0.717, 1.165) is 34.1 Å². The first-order valence-corrected chi connectivity index (χ1v) is 10.1. The third-order valence-electron chi connectivity index (χ3n) is 5.06. The van der Waals surface area contributed by atoms with Crippen molar-refractivity contribution in [2.75, 3.05) is 12.4 Å². The van der Waals surface area contributed by atoms with Crippen molar-refractivity contribution in [1.82, 2.24) is 14.8 Å². The zero-order chi connectivity index (χ0) is 21.2. The predicted molar refractivity (Wildman–Crippen MR) is 121 cm³/mol. The Morgan fingerprint density at radius 1 is 0.935 bits per heavy atom. The van der Waals surface area contributed by atoms with Crippen molar-refractivity contribution < 1.29 is 9.47 Å². The van der Waals surface area contributed by atoms with E-state index >= 15 is 0 Å². The maximum atomic E-state index is 6.02. The van der Waals surface area contributed by atoms with Crippen LogP contribution in [0.5, 0.6) is 17.2 Å². The highest BCUT2D eigenvalue weighted by molar-refractivity contribution is 6.30. The number of nitrogens with zero attached hydrogens (tertiary/aromatic N) is 3. The number of rotatable bonds is 5. The van der Waals surface area contributed by atoms with Crippen molar-refractivity contribution in [1.29, 1.82) is 0 Å². The van der Waals surface area contributed by atoms with E-state index < -0.39 is 0 Å². The summed E-state index contributed by atoms with van der Waals surface area (Å²) in [6, 6.07) is 23.0. The smallest absolute Gasteiger partial charge is 0.226 e. The van der Waals surface area contributed by atoms with Crippen LogP contribution in [-0.4, -0.2) is 21.9 Å². The van der Waals surface area contributed by atoms with E-state index in [1.165, 1.54) is 0 Å². The summed E-state index contributed by atoms with van der Waals surface area (Å²) in [6.45, 7) is 0. The molecule has 1 aliphatic rings. The minimum Gasteiger partial charge on any atom is -0.497 e. The second-order valence-corrected chi connectivity index (χ2v) is 7.47. The third kappa shape index (κ3) is 3.98. The quantitative estimate of drug-likeness (QED) is 0.434. The van der Waals surface area contributed by atoms with Gasteiger partial charge in [-0.15, -0.1) is 0 Å². The molecule has 0 saturated heterocycles. The van der Waals surface area contributed by atoms with Crippen molar-refractivity contribution >= 4 is 23.2 Å². The molecule has 5 rings (SSSR count). The van der Waals surface area contributed by atoms with Gasteiger partial charge in [-0.3, -0.25) is 0 Å². The number of benzene rings is 3. The number of aromatic nitrogens is 3. The van der Waals surface area contributed by atoms with Crippen LogP contribution in [0.2, 0.25) is 5.02 Å². The number of hydrogen-bond donors (Lipinski definition) is 1. The van der Waals surface area contributed by atoms with Gasteiger partial charge in [-0.2, -0.15) is 10.1 Å². The third-order valence-corrected chi connectivity index (χ3v) is 5.31. The zero-order valence-corrected chi connectivity index (χ0v) is 17.5. The van der Waals surface area contributed by atoms with Gasteiger partial charge in [0, 0.05) is 10.7 Å². The summed E-state index contributed by atoms with van der Waals surface area (Å²) >= 11 is 5.97. The lowest BCUT2D eigenvalue weighted by molar-refractivity contribution is 0.415. The Morgan fingerprint density at radius 3 is 2.48 bits per heavy atom. The second-order valence-electron chi connectivity index (χ2n) is 7.04. The molecule has 0 spiro atoms. The van der Waals surface area contributed by atoms with E-state index in [1.54, 1.807) is 25.6 Å². The Labute approximate surface area is 184 Å². The minimum atomic E-state index is -0.135. The molecule has 0 fully saturated rings. The van der Waals surface area contributed by atoms with Crippen molar-refractivity contribution in [2.24, 2.45) is 0 Å². The molecular weight excluding hydrogens is 412 g/mol. The van der Waals surface area contributed by atoms with Crippen LogP contribution in [0.25, 0.3) is 5.70 Å². The molecule has 1 N–H and O–H groups in total. The Kier molecular flexibility index (Phi) is 5.06. The van der Waals surface area contributed by atoms with E-state index in [0.29, 0.717) is 11.0 Å². The second kappa shape index (κ2) is 8.16. The summed E-state index contributed by atoms with van der Waals surface area (Å²) in [5, 5.41) is 8.44. The van der Waals surface area contributed by atoms with Crippen LogP contribution in [-0.2, 0) is 0 Å². The van der Waals surface area contributed by atoms with Gasteiger partial charge in [-0.1, -0.05) is 23.7 Å². The first kappa shape index (κ1) is 19.2. The van der Waals surface area contributed by atoms with E-state index in [1.807, 2.05) is 59.3 Å². The number of hydrogen-bond acceptors (Lipinski definition) is 5. The largest absolute Gasteiger partial charge is 0.497 e. The molecule has 3 aromatic carbocycles. The van der Waals surface area contributed by atoms with Gasteiger partial charge in [0.2, 0.25) is 5.95 Å². The molecule has 154 valence electrons. The number of fused-ring (bicyclic) bond motifs is 1. The maximum absolute atomic E-state index is 6.02. The normalized spacial score (nSPS) is 14.9. The fourth-order valence-electron chi connectivity index (χ4n) is 3.51. The van der Waals surface area contributed by atoms with Gasteiger partial charge in [-0.05, 0) is 77.9 Å². The highest BCUT2D eigenvalue weighted by Gasteiger charge is 2.23. The molecule has 4 aromatic rings. The van der Waals surface area contributed by atoms with Crippen LogP contribution in [0.3, 0.4) is 0 Å². The summed E-state index contributed by atoms with van der Waals surface area (Å²) in [4.78, 5) is 4.37. The lowest BCUT2D eigenvalue weighted by Crippen LogP contribution is -2.20. The summed E-state index contributed by atoms with van der Waals surface area (Å²) in [7, 11) is 1.66. The molecule has 31 heavy (non-hydrogen) atoms. The van der Waals surface area contributed by atoms with E-state index in [-0.39, 0.29) is 6.04 Å². The average molecular weight is 431 g/mol. The molecule has 0 bridgehead atoms. The number of allylic oxidation sites excluding steroid dienone is 1. The molecule has 1 unspecified atom stereocenters. The van der Waals surface area contributed by atoms with Gasteiger partial charge in [-0.25, -0.2) is 4.68 Å². The summed E-state index contributed by atoms with van der Waals surface area (Å²) < 4.78 is 13.1. The van der Waals surface area contributed by atoms with Crippen molar-refractivity contribution in [2.45, 2.75) is 6.04 Å². The van der Waals surface area contributed by atoms with Crippen LogP contribution in [0.15, 0.2) is 85.2 Å². The fraction of sp³-hybridized carbons (Fsp3) is 0.0833. The van der Waals surface area contributed by atoms with Gasteiger partial charge < -0.3 is 14.8 Å². The topological polar surface area (TPSA) is 61.2 Å². The van der Waals surface area contributed by atoms with Crippen molar-refractivity contribution in [3.05, 3.63) is 101 Å². The fourth-order valence-corrected chi connectivity index (χ4v) is 3.64. The molecule has 0 saturated carbocycles. The molecule has 7 heteroatoms. The van der Waals surface area contributed by atoms with Gasteiger partial charge >= 0.3 is 0 Å². The highest BCUT2D eigenvalue weighted by atomic mass is 35.5. The number of ether oxygens (including phenoxy) is 2. The molecule has 0 amide bonds. The monoisotopic (exact) mass is 430 g/mol. The van der Waals surface area contributed by atoms with Gasteiger partial charge in [0.05, 0.1) is 7.11 Å². The first-order valence-electron chi connectivity index (χ1n) is 9.76. The molecule has 2 heterocycles. The molecule has 6 nitrogen and oxygen atoms in total. The summed E-state index contributed by atoms with van der Waals surface area (Å²) in [5.74, 6) is 2.96. The van der Waals surface area contributed by atoms with Gasteiger partial charge in [0.1, 0.15) is 29.6 Å². The van der Waals surface area contributed by atoms with E-state index in [2.05, 4.69) is 27.5 Å². The number of anilines is 1. The summed E-state index contributed by atoms with van der Waals surface area (Å²) in [6.07, 6.45) is 3.68. The van der Waals surface area contributed by atoms with Crippen molar-refractivity contribution in [3.63, 3.8) is 0 Å². The van der Waals surface area contributed by atoms with Crippen LogP contribution >= 0.6 is 11.6 Å². The van der Waals surface area contributed by atoms with Gasteiger partial charge in [0.25, 0.3) is 0 Å². The Morgan fingerprint density at radius 2 is 1.71 bits per heavy atom. The van der Waals surface area contributed by atoms with Crippen LogP contribution in [0.4, 0.5) is 5.95 Å². The molecule has 1 aromatic heterocycles. The van der Waals surface area contributed by atoms with Crippen molar-refractivity contribution in [3.8, 4) is 17.2 Å². The van der Waals surface area contributed by atoms with E-state index in [9.17, 15) is 0 Å². The first-order chi connectivity index (χ1) is 15.2. The highest BCUT2D eigenvalue weighted by Crippen LogP contribution is 2.34. The van der Waals surface area contributed by atoms with E-state index in [4.69, 9.17) is 21.1 Å². The minimum absolute atomic E-state index is 0.135. The maximum Gasteiger partial charge on any atom is 0.226 e.